The van der Waals surface area contributed by atoms with Crippen molar-refractivity contribution in [2.75, 3.05) is 41.3 Å². The Morgan fingerprint density at radius 3 is 2.36 bits per heavy atom. The van der Waals surface area contributed by atoms with Gasteiger partial charge in [0.2, 0.25) is 5.95 Å². The summed E-state index contributed by atoms with van der Waals surface area (Å²) in [5, 5.41) is 3.40. The number of nitrogens with one attached hydrogen (secondary N) is 1. The predicted octanol–water partition coefficient (Wildman–Crippen LogP) is 4.47. The zero-order valence-electron chi connectivity index (χ0n) is 16.8. The van der Waals surface area contributed by atoms with E-state index in [2.05, 4.69) is 83.3 Å². The average molecular weight is 374 g/mol. The van der Waals surface area contributed by atoms with Crippen LogP contribution in [-0.2, 0) is 0 Å². The molecule has 1 fully saturated rings. The van der Waals surface area contributed by atoms with Gasteiger partial charge in [0.25, 0.3) is 0 Å². The smallest absolute Gasteiger partial charge is 0.227 e. The molecule has 144 valence electrons. The summed E-state index contributed by atoms with van der Waals surface area (Å²) >= 11 is 0. The van der Waals surface area contributed by atoms with Crippen LogP contribution in [0, 0.1) is 20.8 Å². The van der Waals surface area contributed by atoms with Crippen LogP contribution in [0.25, 0.3) is 0 Å². The number of rotatable bonds is 4. The minimum Gasteiger partial charge on any atom is -0.368 e. The summed E-state index contributed by atoms with van der Waals surface area (Å²) in [6.45, 7) is 10.2. The zero-order valence-corrected chi connectivity index (χ0v) is 16.8. The Hall–Kier alpha value is -3.08. The number of benzene rings is 2. The number of hydrogen-bond acceptors (Lipinski definition) is 5. The summed E-state index contributed by atoms with van der Waals surface area (Å²) < 4.78 is 0. The molecule has 4 rings (SSSR count). The van der Waals surface area contributed by atoms with Crippen LogP contribution in [-0.4, -0.2) is 36.1 Å². The first-order valence-corrected chi connectivity index (χ1v) is 9.82. The fraction of sp³-hybridized carbons (Fsp3) is 0.304. The van der Waals surface area contributed by atoms with Gasteiger partial charge >= 0.3 is 0 Å². The number of aromatic nitrogens is 2. The van der Waals surface area contributed by atoms with Crippen molar-refractivity contribution in [1.82, 2.24) is 9.97 Å². The van der Waals surface area contributed by atoms with E-state index in [0.29, 0.717) is 0 Å². The molecule has 1 N–H and O–H groups in total. The Morgan fingerprint density at radius 2 is 1.61 bits per heavy atom. The molecule has 1 aromatic heterocycles. The van der Waals surface area contributed by atoms with E-state index in [9.17, 15) is 0 Å². The largest absolute Gasteiger partial charge is 0.368 e. The third kappa shape index (κ3) is 4.09. The second kappa shape index (κ2) is 7.89. The summed E-state index contributed by atoms with van der Waals surface area (Å²) in [5.41, 5.74) is 6.21. The highest BCUT2D eigenvalue weighted by molar-refractivity contribution is 5.59. The van der Waals surface area contributed by atoms with Gasteiger partial charge in [0.1, 0.15) is 5.82 Å². The van der Waals surface area contributed by atoms with Crippen LogP contribution in [0.1, 0.15) is 16.7 Å². The Bertz CT molecular complexity index is 961. The lowest BCUT2D eigenvalue weighted by molar-refractivity contribution is 0.640. The summed E-state index contributed by atoms with van der Waals surface area (Å²) in [5.74, 6) is 1.62. The maximum atomic E-state index is 4.74. The normalized spacial score (nSPS) is 14.2. The molecular formula is C23H27N5. The first-order valence-electron chi connectivity index (χ1n) is 9.82. The van der Waals surface area contributed by atoms with Crippen molar-refractivity contribution < 1.29 is 0 Å². The predicted molar refractivity (Wildman–Crippen MR) is 117 cm³/mol. The molecule has 0 radical (unpaired) electrons. The number of hydrogen-bond donors (Lipinski definition) is 1. The highest BCUT2D eigenvalue weighted by Gasteiger charge is 2.19. The molecule has 0 atom stereocenters. The third-order valence-electron chi connectivity index (χ3n) is 5.35. The molecule has 0 amide bonds. The molecule has 28 heavy (non-hydrogen) atoms. The number of aryl methyl sites for hydroxylation is 3. The van der Waals surface area contributed by atoms with Crippen molar-refractivity contribution in [3.05, 3.63) is 71.4 Å². The first kappa shape index (κ1) is 18.3. The Balaban J connectivity index is 1.43. The molecular weight excluding hydrogens is 346 g/mol. The maximum absolute atomic E-state index is 4.74. The van der Waals surface area contributed by atoms with Gasteiger partial charge < -0.3 is 15.1 Å². The van der Waals surface area contributed by atoms with Crippen LogP contribution in [0.2, 0.25) is 0 Å². The monoisotopic (exact) mass is 373 g/mol. The molecule has 1 aliphatic rings. The summed E-state index contributed by atoms with van der Waals surface area (Å²) in [4.78, 5) is 13.9. The van der Waals surface area contributed by atoms with Gasteiger partial charge in [0.05, 0.1) is 0 Å². The van der Waals surface area contributed by atoms with Gasteiger partial charge in [-0.15, -0.1) is 0 Å². The van der Waals surface area contributed by atoms with Crippen molar-refractivity contribution in [3.8, 4) is 0 Å². The van der Waals surface area contributed by atoms with E-state index in [-0.39, 0.29) is 0 Å². The highest BCUT2D eigenvalue weighted by Crippen LogP contribution is 2.22. The van der Waals surface area contributed by atoms with Gasteiger partial charge in [-0.05, 0) is 67.8 Å². The molecule has 0 aliphatic carbocycles. The van der Waals surface area contributed by atoms with Crippen LogP contribution >= 0.6 is 0 Å². The van der Waals surface area contributed by atoms with E-state index in [0.717, 1.165) is 43.6 Å². The summed E-state index contributed by atoms with van der Waals surface area (Å²) in [7, 11) is 0. The molecule has 1 saturated heterocycles. The second-order valence-corrected chi connectivity index (χ2v) is 7.48. The third-order valence-corrected chi connectivity index (χ3v) is 5.35. The van der Waals surface area contributed by atoms with Crippen LogP contribution < -0.4 is 15.1 Å². The average Bonchev–Trinajstić information content (AvgIpc) is 2.71. The lowest BCUT2D eigenvalue weighted by Crippen LogP contribution is -2.47. The Kier molecular flexibility index (Phi) is 5.15. The molecule has 5 nitrogen and oxygen atoms in total. The van der Waals surface area contributed by atoms with E-state index in [1.54, 1.807) is 0 Å². The zero-order chi connectivity index (χ0) is 19.5. The fourth-order valence-corrected chi connectivity index (χ4v) is 3.53. The van der Waals surface area contributed by atoms with Gasteiger partial charge in [-0.1, -0.05) is 18.2 Å². The van der Waals surface area contributed by atoms with E-state index < -0.39 is 0 Å². The minimum atomic E-state index is 0.790. The van der Waals surface area contributed by atoms with Crippen molar-refractivity contribution in [3.63, 3.8) is 0 Å². The topological polar surface area (TPSA) is 44.3 Å². The summed E-state index contributed by atoms with van der Waals surface area (Å²) in [6.07, 6.45) is 1.83. The number of anilines is 4. The maximum Gasteiger partial charge on any atom is 0.227 e. The van der Waals surface area contributed by atoms with Crippen molar-refractivity contribution in [2.45, 2.75) is 20.8 Å². The van der Waals surface area contributed by atoms with Gasteiger partial charge in [0.15, 0.2) is 0 Å². The van der Waals surface area contributed by atoms with Crippen LogP contribution in [0.5, 0.6) is 0 Å². The molecule has 2 heterocycles. The van der Waals surface area contributed by atoms with E-state index in [1.165, 1.54) is 22.4 Å². The SMILES string of the molecule is Cc1cccc(N2CCN(c3nccc(Nc4ccc(C)c(C)c4)n3)CC2)c1. The molecule has 0 unspecified atom stereocenters. The highest BCUT2D eigenvalue weighted by atomic mass is 15.3. The molecule has 0 bridgehead atoms. The van der Waals surface area contributed by atoms with Crippen molar-refractivity contribution in [1.29, 1.82) is 0 Å². The van der Waals surface area contributed by atoms with E-state index in [4.69, 9.17) is 4.98 Å². The van der Waals surface area contributed by atoms with E-state index >= 15 is 0 Å². The lowest BCUT2D eigenvalue weighted by Gasteiger charge is -2.36. The first-order chi connectivity index (χ1) is 13.6. The Labute approximate surface area is 167 Å². The van der Waals surface area contributed by atoms with Crippen LogP contribution in [0.3, 0.4) is 0 Å². The molecule has 2 aromatic carbocycles. The van der Waals surface area contributed by atoms with Gasteiger partial charge in [-0.25, -0.2) is 4.98 Å². The fourth-order valence-electron chi connectivity index (χ4n) is 3.53. The van der Waals surface area contributed by atoms with Gasteiger partial charge in [-0.2, -0.15) is 4.98 Å². The van der Waals surface area contributed by atoms with Gasteiger partial charge in [-0.3, -0.25) is 0 Å². The molecule has 0 saturated carbocycles. The minimum absolute atomic E-state index is 0.790. The molecule has 0 spiro atoms. The molecule has 5 heteroatoms. The molecule has 1 aliphatic heterocycles. The lowest BCUT2D eigenvalue weighted by atomic mass is 10.1. The van der Waals surface area contributed by atoms with Crippen molar-refractivity contribution in [2.24, 2.45) is 0 Å². The Morgan fingerprint density at radius 1 is 0.821 bits per heavy atom. The molecule has 3 aromatic rings. The number of piperazine rings is 1. The quantitative estimate of drug-likeness (QED) is 0.731. The van der Waals surface area contributed by atoms with Gasteiger partial charge in [0, 0.05) is 43.8 Å². The summed E-state index contributed by atoms with van der Waals surface area (Å²) in [6, 6.07) is 17.0. The van der Waals surface area contributed by atoms with Crippen LogP contribution in [0.4, 0.5) is 23.1 Å². The van der Waals surface area contributed by atoms with Crippen LogP contribution in [0.15, 0.2) is 54.7 Å². The van der Waals surface area contributed by atoms with E-state index in [1.807, 2.05) is 12.3 Å². The van der Waals surface area contributed by atoms with Crippen molar-refractivity contribution >= 4 is 23.1 Å². The number of nitrogens with zero attached hydrogens (tertiary/aromatic N) is 4. The second-order valence-electron chi connectivity index (χ2n) is 7.48. The standard InChI is InChI=1S/C23H27N5/c1-17-5-4-6-21(15-17)27-11-13-28(14-12-27)23-24-10-9-22(26-23)25-20-8-7-18(2)19(3)16-20/h4-10,15-16H,11-14H2,1-3H3,(H,24,25,26).